The fourth-order valence-electron chi connectivity index (χ4n) is 1.92. The maximum Gasteiger partial charge on any atom is 0.322 e. The zero-order valence-corrected chi connectivity index (χ0v) is 12.5. The van der Waals surface area contributed by atoms with Crippen LogP contribution in [0.2, 0.25) is 0 Å². The first-order chi connectivity index (χ1) is 11.1. The predicted octanol–water partition coefficient (Wildman–Crippen LogP) is 1.07. The largest absolute Gasteiger partial charge is 0.846 e. The van der Waals surface area contributed by atoms with Crippen LogP contribution in [0.4, 0.5) is 11.6 Å². The molecule has 0 amide bonds. The second kappa shape index (κ2) is 8.52. The molecule has 0 spiro atoms. The van der Waals surface area contributed by atoms with Gasteiger partial charge in [-0.1, -0.05) is 22.9 Å². The number of para-hydroxylation sites is 1. The van der Waals surface area contributed by atoms with E-state index in [0.717, 1.165) is 12.8 Å². The molecule has 2 rings (SSSR count). The van der Waals surface area contributed by atoms with Crippen LogP contribution in [0.1, 0.15) is 25.7 Å². The highest BCUT2D eigenvalue weighted by molar-refractivity contribution is 5.86. The first-order valence-electron chi connectivity index (χ1n) is 7.29. The van der Waals surface area contributed by atoms with Crippen molar-refractivity contribution in [3.63, 3.8) is 0 Å². The van der Waals surface area contributed by atoms with Gasteiger partial charge in [-0.3, -0.25) is 9.32 Å². The van der Waals surface area contributed by atoms with Crippen LogP contribution in [-0.4, -0.2) is 22.4 Å². The number of benzene rings is 1. The Bertz CT molecular complexity index is 655. The van der Waals surface area contributed by atoms with E-state index in [-0.39, 0.29) is 12.3 Å². The normalized spacial score (nSPS) is 11.4. The summed E-state index contributed by atoms with van der Waals surface area (Å²) in [5.74, 6) is -0.673. The average Bonchev–Trinajstić information content (AvgIpc) is 2.95. The Labute approximate surface area is 133 Å². The number of aliphatic carboxylic acids is 1. The lowest BCUT2D eigenvalue weighted by molar-refractivity contribution is -0.762. The summed E-state index contributed by atoms with van der Waals surface area (Å²) in [6.07, 6.45) is 3.89. The van der Waals surface area contributed by atoms with Crippen LogP contribution >= 0.6 is 0 Å². The van der Waals surface area contributed by atoms with Gasteiger partial charge in [0.1, 0.15) is 0 Å². The minimum atomic E-state index is -0.787. The molecule has 0 atom stereocenters. The van der Waals surface area contributed by atoms with Gasteiger partial charge in [0.05, 0.1) is 6.02 Å². The molecular weight excluding hydrogens is 300 g/mol. The average molecular weight is 318 g/mol. The molecule has 0 fully saturated rings. The van der Waals surface area contributed by atoms with Crippen molar-refractivity contribution in [2.24, 2.45) is 4.99 Å². The monoisotopic (exact) mass is 318 g/mol. The van der Waals surface area contributed by atoms with Crippen LogP contribution in [0.15, 0.2) is 46.0 Å². The molecule has 23 heavy (non-hydrogen) atoms. The number of carboxylic acid groups (broad SMARTS) is 1. The molecule has 2 N–H and O–H groups in total. The number of aryl methyl sites for hydroxylation is 1. The van der Waals surface area contributed by atoms with Crippen molar-refractivity contribution in [1.29, 1.82) is 0 Å². The lowest BCUT2D eigenvalue weighted by Gasteiger charge is -2.11. The fourth-order valence-corrected chi connectivity index (χ4v) is 1.92. The fraction of sp³-hybridized carbons (Fsp3) is 0.333. The predicted molar refractivity (Wildman–Crippen MR) is 80.0 cm³/mol. The van der Waals surface area contributed by atoms with E-state index in [0.29, 0.717) is 18.7 Å². The Morgan fingerprint density at radius 3 is 2.83 bits per heavy atom. The summed E-state index contributed by atoms with van der Waals surface area (Å²) < 4.78 is 6.50. The molecule has 0 saturated carbocycles. The molecule has 0 aliphatic rings. The first-order valence-corrected chi connectivity index (χ1v) is 7.29. The van der Waals surface area contributed by atoms with Gasteiger partial charge in [-0.05, 0) is 25.0 Å². The summed E-state index contributed by atoms with van der Waals surface area (Å²) >= 11 is 0. The van der Waals surface area contributed by atoms with E-state index in [9.17, 15) is 9.90 Å². The maximum atomic E-state index is 11.7. The van der Waals surface area contributed by atoms with Gasteiger partial charge in [-0.2, -0.15) is 0 Å². The van der Waals surface area contributed by atoms with Crippen LogP contribution in [0.5, 0.6) is 0 Å². The van der Waals surface area contributed by atoms with E-state index in [2.05, 4.69) is 15.6 Å². The minimum Gasteiger partial charge on any atom is -0.846 e. The van der Waals surface area contributed by atoms with E-state index in [1.54, 1.807) is 12.1 Å². The van der Waals surface area contributed by atoms with Crippen molar-refractivity contribution in [2.75, 3.05) is 5.32 Å². The van der Waals surface area contributed by atoms with Gasteiger partial charge in [0.15, 0.2) is 6.54 Å². The molecule has 0 aliphatic heterocycles. The number of nitrogens with one attached hydrogen (secondary N) is 1. The number of hydrogen-bond acceptors (Lipinski definition) is 5. The van der Waals surface area contributed by atoms with Crippen LogP contribution in [0.25, 0.3) is 0 Å². The molecule has 2 aromatic rings. The number of carbonyl (C=O) groups is 1. The molecule has 1 heterocycles. The summed E-state index contributed by atoms with van der Waals surface area (Å²) in [6.45, 7) is 0.582. The minimum absolute atomic E-state index is 0.115. The Balaban J connectivity index is 1.79. The second-order valence-corrected chi connectivity index (χ2v) is 4.92. The third kappa shape index (κ3) is 6.16. The number of hydrogen-bond donors (Lipinski definition) is 2. The number of aromatic nitrogens is 2. The van der Waals surface area contributed by atoms with Gasteiger partial charge in [0.2, 0.25) is 5.27 Å². The molecule has 0 saturated heterocycles. The van der Waals surface area contributed by atoms with Crippen LogP contribution in [0.3, 0.4) is 0 Å². The highest BCUT2D eigenvalue weighted by Gasteiger charge is 2.10. The van der Waals surface area contributed by atoms with Gasteiger partial charge in [0.25, 0.3) is 6.20 Å². The highest BCUT2D eigenvalue weighted by atomic mass is 16.5. The van der Waals surface area contributed by atoms with Crippen LogP contribution in [0, 0.1) is 0 Å². The van der Waals surface area contributed by atoms with Crippen molar-refractivity contribution in [1.82, 2.24) is 5.27 Å². The molecular formula is C15H18N4O4. The SMILES string of the molecule is O=C(O)CCCCC[n+]1cc(N=C([O-])Nc2ccccc2)on1. The Hall–Kier alpha value is -2.90. The van der Waals surface area contributed by atoms with E-state index >= 15 is 0 Å². The van der Waals surface area contributed by atoms with Gasteiger partial charge in [-0.15, -0.1) is 0 Å². The number of rotatable bonds is 8. The number of carboxylic acids is 1. The second-order valence-electron chi connectivity index (χ2n) is 4.92. The number of unbranched alkanes of at least 4 members (excludes halogenated alkanes) is 2. The molecule has 1 aromatic heterocycles. The summed E-state index contributed by atoms with van der Waals surface area (Å²) in [7, 11) is 0. The maximum absolute atomic E-state index is 11.7. The molecule has 0 bridgehead atoms. The topological polar surface area (TPSA) is 115 Å². The summed E-state index contributed by atoms with van der Waals surface area (Å²) in [5.41, 5.74) is 0.645. The van der Waals surface area contributed by atoms with Crippen LogP contribution < -0.4 is 15.1 Å². The smallest absolute Gasteiger partial charge is 0.322 e. The molecule has 122 valence electrons. The van der Waals surface area contributed by atoms with Crippen molar-refractivity contribution in [3.05, 3.63) is 36.5 Å². The number of nitrogens with zero attached hydrogens (tertiary/aromatic N) is 3. The zero-order chi connectivity index (χ0) is 16.5. The quantitative estimate of drug-likeness (QED) is 0.325. The van der Waals surface area contributed by atoms with Crippen molar-refractivity contribution in [3.8, 4) is 0 Å². The molecule has 0 aliphatic carbocycles. The molecule has 8 heteroatoms. The third-order valence-corrected chi connectivity index (χ3v) is 3.01. The van der Waals surface area contributed by atoms with E-state index < -0.39 is 12.0 Å². The lowest BCUT2D eigenvalue weighted by atomic mass is 10.2. The van der Waals surface area contributed by atoms with E-state index in [4.69, 9.17) is 9.63 Å². The van der Waals surface area contributed by atoms with Crippen molar-refractivity contribution < 1.29 is 24.2 Å². The van der Waals surface area contributed by atoms with Gasteiger partial charge >= 0.3 is 11.9 Å². The summed E-state index contributed by atoms with van der Waals surface area (Å²) in [4.78, 5) is 14.2. The molecule has 1 aromatic carbocycles. The molecule has 0 radical (unpaired) electrons. The standard InChI is InChI=1S/C15H18N4O4/c20-14(21)9-5-2-6-10-19-11-13(23-18-19)17-15(22)16-12-7-3-1-4-8-12/h1,3-4,7-8,11H,2,5-6,9-10H2,(H2-,16,17,18,20,21,22). The number of anilines is 1. The Kier molecular flexibility index (Phi) is 6.10. The number of aliphatic imine (C=N–C) groups is 1. The van der Waals surface area contributed by atoms with E-state index in [1.165, 1.54) is 10.9 Å². The van der Waals surface area contributed by atoms with Gasteiger partial charge in [0, 0.05) is 18.5 Å². The van der Waals surface area contributed by atoms with E-state index in [1.807, 2.05) is 18.2 Å². The van der Waals surface area contributed by atoms with Gasteiger partial charge < -0.3 is 15.5 Å². The Morgan fingerprint density at radius 2 is 2.09 bits per heavy atom. The molecule has 8 nitrogen and oxygen atoms in total. The molecule has 0 unspecified atom stereocenters. The van der Waals surface area contributed by atoms with Gasteiger partial charge in [-0.25, -0.2) is 4.99 Å². The third-order valence-electron chi connectivity index (χ3n) is 3.01. The Morgan fingerprint density at radius 1 is 1.30 bits per heavy atom. The van der Waals surface area contributed by atoms with Crippen molar-refractivity contribution in [2.45, 2.75) is 32.2 Å². The zero-order valence-electron chi connectivity index (χ0n) is 12.5. The summed E-state index contributed by atoms with van der Waals surface area (Å²) in [6, 6.07) is 8.44. The first kappa shape index (κ1) is 16.5. The summed E-state index contributed by atoms with van der Waals surface area (Å²) in [5, 5.41) is 26.6. The highest BCUT2D eigenvalue weighted by Crippen LogP contribution is 2.08. The number of amidine groups is 1. The van der Waals surface area contributed by atoms with Crippen LogP contribution in [-0.2, 0) is 11.3 Å². The van der Waals surface area contributed by atoms with Crippen molar-refractivity contribution >= 4 is 23.6 Å². The lowest BCUT2D eigenvalue weighted by Crippen LogP contribution is -2.34.